The van der Waals surface area contributed by atoms with Crippen LogP contribution in [0.5, 0.6) is 0 Å². The van der Waals surface area contributed by atoms with Gasteiger partial charge in [-0.05, 0) is 23.9 Å². The first-order chi connectivity index (χ1) is 9.76. The zero-order valence-electron chi connectivity index (χ0n) is 10.0. The Morgan fingerprint density at radius 1 is 1.19 bits per heavy atom. The molecule has 0 aliphatic heterocycles. The van der Waals surface area contributed by atoms with Gasteiger partial charge in [0.25, 0.3) is 0 Å². The molecule has 1 aromatic rings. The Morgan fingerprint density at radius 2 is 1.71 bits per heavy atom. The number of nitriles is 2. The van der Waals surface area contributed by atoms with Gasteiger partial charge in [0.15, 0.2) is 5.92 Å². The average Bonchev–Trinajstić information content (AvgIpc) is 2.35. The summed E-state index contributed by atoms with van der Waals surface area (Å²) in [7, 11) is 0. The van der Waals surface area contributed by atoms with Crippen molar-refractivity contribution in [2.24, 2.45) is 16.1 Å². The predicted octanol–water partition coefficient (Wildman–Crippen LogP) is 5.35. The SMILES string of the molecule is N#CC(C#N)CN=Nc1c(Cl)cc(SC(F)(F)F)cc1Cl. The largest absolute Gasteiger partial charge is 0.446 e. The molecular weight excluding hydrogens is 348 g/mol. The fourth-order valence-corrected chi connectivity index (χ4v) is 2.45. The van der Waals surface area contributed by atoms with Crippen molar-refractivity contribution in [1.29, 1.82) is 10.5 Å². The summed E-state index contributed by atoms with van der Waals surface area (Å²) < 4.78 is 36.7. The van der Waals surface area contributed by atoms with Crippen LogP contribution in [0.2, 0.25) is 10.0 Å². The van der Waals surface area contributed by atoms with E-state index in [2.05, 4.69) is 10.2 Å². The van der Waals surface area contributed by atoms with E-state index in [1.54, 1.807) is 12.1 Å². The fourth-order valence-electron chi connectivity index (χ4n) is 1.13. The first-order valence-corrected chi connectivity index (χ1v) is 6.75. The molecule has 0 aromatic heterocycles. The summed E-state index contributed by atoms with van der Waals surface area (Å²) in [5.41, 5.74) is -4.47. The van der Waals surface area contributed by atoms with Crippen molar-refractivity contribution >= 4 is 40.7 Å². The number of halogens is 5. The van der Waals surface area contributed by atoms with Gasteiger partial charge in [0.2, 0.25) is 0 Å². The van der Waals surface area contributed by atoms with Crippen molar-refractivity contribution in [3.63, 3.8) is 0 Å². The first kappa shape index (κ1) is 17.6. The van der Waals surface area contributed by atoms with E-state index >= 15 is 0 Å². The van der Waals surface area contributed by atoms with Crippen LogP contribution >= 0.6 is 35.0 Å². The van der Waals surface area contributed by atoms with Crippen molar-refractivity contribution in [2.45, 2.75) is 10.4 Å². The Kier molecular flexibility index (Phi) is 6.28. The molecule has 0 saturated heterocycles. The Hall–Kier alpha value is -1.48. The third-order valence-corrected chi connectivity index (χ3v) is 3.25. The van der Waals surface area contributed by atoms with Crippen LogP contribution in [0.1, 0.15) is 0 Å². The van der Waals surface area contributed by atoms with Crippen molar-refractivity contribution in [1.82, 2.24) is 0 Å². The molecule has 0 heterocycles. The molecule has 0 unspecified atom stereocenters. The molecule has 0 spiro atoms. The molecule has 0 aliphatic rings. The zero-order chi connectivity index (χ0) is 16.0. The molecule has 0 aliphatic carbocycles. The number of thioether (sulfide) groups is 1. The van der Waals surface area contributed by atoms with Gasteiger partial charge in [-0.2, -0.15) is 33.9 Å². The Balaban J connectivity index is 2.94. The van der Waals surface area contributed by atoms with Crippen LogP contribution in [0.25, 0.3) is 0 Å². The van der Waals surface area contributed by atoms with E-state index in [4.69, 9.17) is 33.7 Å². The molecular formula is C11H5Cl2F3N4S. The van der Waals surface area contributed by atoms with E-state index in [9.17, 15) is 13.2 Å². The third-order valence-electron chi connectivity index (χ3n) is 1.97. The maximum Gasteiger partial charge on any atom is 0.446 e. The lowest BCUT2D eigenvalue weighted by Gasteiger charge is -2.08. The molecule has 0 radical (unpaired) electrons. The molecule has 1 rings (SSSR count). The zero-order valence-corrected chi connectivity index (χ0v) is 12.4. The van der Waals surface area contributed by atoms with E-state index in [0.717, 1.165) is 12.1 Å². The predicted molar refractivity (Wildman–Crippen MR) is 72.5 cm³/mol. The third kappa shape index (κ3) is 5.80. The summed E-state index contributed by atoms with van der Waals surface area (Å²) in [5, 5.41) is 24.1. The summed E-state index contributed by atoms with van der Waals surface area (Å²) in [6, 6.07) is 5.51. The second-order valence-corrected chi connectivity index (χ2v) is 5.47. The minimum absolute atomic E-state index is 0.0144. The Labute approximate surface area is 132 Å². The molecule has 21 heavy (non-hydrogen) atoms. The summed E-state index contributed by atoms with van der Waals surface area (Å²) in [6.07, 6.45) is 0. The lowest BCUT2D eigenvalue weighted by Crippen LogP contribution is -1.99. The van der Waals surface area contributed by atoms with Gasteiger partial charge in [0, 0.05) is 4.90 Å². The van der Waals surface area contributed by atoms with Gasteiger partial charge in [-0.3, -0.25) is 0 Å². The highest BCUT2D eigenvalue weighted by atomic mass is 35.5. The number of hydrogen-bond acceptors (Lipinski definition) is 5. The van der Waals surface area contributed by atoms with Crippen LogP contribution in [0.4, 0.5) is 18.9 Å². The summed E-state index contributed by atoms with van der Waals surface area (Å²) >= 11 is 11.2. The molecule has 1 aromatic carbocycles. The van der Waals surface area contributed by atoms with Gasteiger partial charge in [-0.15, -0.1) is 0 Å². The van der Waals surface area contributed by atoms with Crippen LogP contribution in [0.3, 0.4) is 0 Å². The van der Waals surface area contributed by atoms with Crippen LogP contribution in [-0.2, 0) is 0 Å². The van der Waals surface area contributed by atoms with Crippen LogP contribution in [-0.4, -0.2) is 12.1 Å². The van der Waals surface area contributed by atoms with Crippen LogP contribution in [0, 0.1) is 28.6 Å². The Morgan fingerprint density at radius 3 is 2.14 bits per heavy atom. The lowest BCUT2D eigenvalue weighted by atomic mass is 10.2. The second-order valence-electron chi connectivity index (χ2n) is 3.52. The summed E-state index contributed by atoms with van der Waals surface area (Å²) in [4.78, 5) is -0.177. The summed E-state index contributed by atoms with van der Waals surface area (Å²) in [6.45, 7) is -0.182. The molecule has 4 nitrogen and oxygen atoms in total. The van der Waals surface area contributed by atoms with Crippen LogP contribution < -0.4 is 0 Å². The number of rotatable bonds is 4. The van der Waals surface area contributed by atoms with Crippen molar-refractivity contribution in [2.75, 3.05) is 6.54 Å². The van der Waals surface area contributed by atoms with Gasteiger partial charge in [-0.25, -0.2) is 0 Å². The van der Waals surface area contributed by atoms with Crippen LogP contribution in [0.15, 0.2) is 27.3 Å². The van der Waals surface area contributed by atoms with E-state index in [0.29, 0.717) is 0 Å². The van der Waals surface area contributed by atoms with Crippen molar-refractivity contribution in [3.05, 3.63) is 22.2 Å². The number of benzene rings is 1. The smallest absolute Gasteiger partial charge is 0.197 e. The van der Waals surface area contributed by atoms with Gasteiger partial charge in [0.1, 0.15) is 5.69 Å². The molecule has 0 amide bonds. The number of hydrogen-bond donors (Lipinski definition) is 0. The molecule has 10 heteroatoms. The minimum atomic E-state index is -4.46. The highest BCUT2D eigenvalue weighted by molar-refractivity contribution is 8.00. The number of azo groups is 1. The Bertz CT molecular complexity index is 597. The maximum absolute atomic E-state index is 12.2. The van der Waals surface area contributed by atoms with Crippen molar-refractivity contribution in [3.8, 4) is 12.1 Å². The molecule has 0 saturated carbocycles. The van der Waals surface area contributed by atoms with E-state index < -0.39 is 11.4 Å². The fraction of sp³-hybridized carbons (Fsp3) is 0.273. The van der Waals surface area contributed by atoms with Gasteiger partial charge < -0.3 is 0 Å². The second kappa shape index (κ2) is 7.51. The van der Waals surface area contributed by atoms with Gasteiger partial charge in [-0.1, -0.05) is 23.2 Å². The van der Waals surface area contributed by atoms with E-state index in [-0.39, 0.29) is 38.9 Å². The number of alkyl halides is 3. The van der Waals surface area contributed by atoms with Crippen molar-refractivity contribution < 1.29 is 13.2 Å². The molecule has 0 N–H and O–H groups in total. The highest BCUT2D eigenvalue weighted by Gasteiger charge is 2.29. The topological polar surface area (TPSA) is 72.3 Å². The van der Waals surface area contributed by atoms with E-state index in [1.165, 1.54) is 0 Å². The lowest BCUT2D eigenvalue weighted by molar-refractivity contribution is -0.0328. The number of nitrogens with zero attached hydrogens (tertiary/aromatic N) is 4. The normalized spacial score (nSPS) is 11.6. The monoisotopic (exact) mass is 352 g/mol. The molecule has 0 fully saturated rings. The summed E-state index contributed by atoms with van der Waals surface area (Å²) in [5.74, 6) is -0.966. The quantitative estimate of drug-likeness (QED) is 0.541. The van der Waals surface area contributed by atoms with E-state index in [1.807, 2.05) is 0 Å². The highest BCUT2D eigenvalue weighted by Crippen LogP contribution is 2.42. The molecule has 110 valence electrons. The standard InChI is InChI=1S/C11H5Cl2F3N4S/c12-8-1-7(21-11(14,15)16)2-9(13)10(8)20-19-5-6(3-17)4-18/h1-2,6H,5H2. The maximum atomic E-state index is 12.2. The van der Waals surface area contributed by atoms with Gasteiger partial charge in [0.05, 0.1) is 28.7 Å². The molecule has 0 bridgehead atoms. The minimum Gasteiger partial charge on any atom is -0.197 e. The molecule has 0 atom stereocenters. The average molecular weight is 353 g/mol. The first-order valence-electron chi connectivity index (χ1n) is 5.18. The van der Waals surface area contributed by atoms with Gasteiger partial charge >= 0.3 is 5.51 Å².